The Balaban J connectivity index is 4.28. The van der Waals surface area contributed by atoms with Crippen LogP contribution in [0.15, 0.2) is 34.9 Å². The van der Waals surface area contributed by atoms with Gasteiger partial charge >= 0.3 is 0 Å². The van der Waals surface area contributed by atoms with Crippen molar-refractivity contribution in [2.75, 3.05) is 0 Å². The Hall–Kier alpha value is -1.62. The normalized spacial score (nSPS) is 13.6. The minimum atomic E-state index is 0.277. The molecule has 0 spiro atoms. The van der Waals surface area contributed by atoms with Gasteiger partial charge in [-0.25, -0.2) is 0 Å². The molecule has 0 heterocycles. The highest BCUT2D eigenvalue weighted by atomic mass is 16.1. The van der Waals surface area contributed by atoms with Gasteiger partial charge in [-0.15, -0.1) is 0 Å². The van der Waals surface area contributed by atoms with Crippen LogP contribution in [0.1, 0.15) is 53.4 Å². The lowest BCUT2D eigenvalue weighted by molar-refractivity contribution is -0.107. The summed E-state index contributed by atoms with van der Waals surface area (Å²) in [5, 5.41) is 8.96. The fraction of sp³-hybridized carbons (Fsp3) is 0.529. The summed E-state index contributed by atoms with van der Waals surface area (Å²) >= 11 is 0. The van der Waals surface area contributed by atoms with Gasteiger partial charge in [0.25, 0.3) is 0 Å². The van der Waals surface area contributed by atoms with E-state index >= 15 is 0 Å². The van der Waals surface area contributed by atoms with Crippen LogP contribution in [-0.4, -0.2) is 6.29 Å². The summed E-state index contributed by atoms with van der Waals surface area (Å²) in [6.07, 6.45) is 10.6. The molecule has 0 saturated carbocycles. The van der Waals surface area contributed by atoms with Crippen molar-refractivity contribution in [1.82, 2.24) is 0 Å². The van der Waals surface area contributed by atoms with Crippen LogP contribution < -0.4 is 0 Å². The molecule has 0 N–H and O–H groups in total. The van der Waals surface area contributed by atoms with E-state index in [0.717, 1.165) is 31.1 Å². The van der Waals surface area contributed by atoms with E-state index in [4.69, 9.17) is 5.26 Å². The predicted octanol–water partition coefficient (Wildman–Crippen LogP) is 4.74. The van der Waals surface area contributed by atoms with Gasteiger partial charge in [0.15, 0.2) is 0 Å². The highest BCUT2D eigenvalue weighted by Gasteiger charge is 1.99. The first kappa shape index (κ1) is 17.4. The Kier molecular flexibility index (Phi) is 9.44. The molecule has 19 heavy (non-hydrogen) atoms. The van der Waals surface area contributed by atoms with Crippen LogP contribution in [0.25, 0.3) is 0 Å². The van der Waals surface area contributed by atoms with Gasteiger partial charge in [-0.3, -0.25) is 0 Å². The van der Waals surface area contributed by atoms with E-state index in [0.29, 0.717) is 6.42 Å². The van der Waals surface area contributed by atoms with Crippen molar-refractivity contribution in [3.63, 3.8) is 0 Å². The summed E-state index contributed by atoms with van der Waals surface area (Å²) in [4.78, 5) is 10.3. The third kappa shape index (κ3) is 9.02. The molecule has 0 unspecified atom stereocenters. The van der Waals surface area contributed by atoms with E-state index in [2.05, 4.69) is 26.0 Å². The summed E-state index contributed by atoms with van der Waals surface area (Å²) in [6, 6.07) is 2.23. The van der Waals surface area contributed by atoms with Crippen LogP contribution in [0, 0.1) is 17.2 Å². The number of carbonyl (C=O) groups is 1. The number of nitriles is 1. The molecule has 104 valence electrons. The second kappa shape index (κ2) is 10.3. The minimum Gasteiger partial charge on any atom is -0.303 e. The highest BCUT2D eigenvalue weighted by molar-refractivity contribution is 5.49. The smallest absolute Gasteiger partial charge is 0.120 e. The van der Waals surface area contributed by atoms with Crippen LogP contribution in [0.2, 0.25) is 0 Å². The van der Waals surface area contributed by atoms with E-state index < -0.39 is 0 Å². The lowest BCUT2D eigenvalue weighted by atomic mass is 10.0. The van der Waals surface area contributed by atoms with Gasteiger partial charge in [0, 0.05) is 12.0 Å². The zero-order valence-corrected chi connectivity index (χ0v) is 12.6. The van der Waals surface area contributed by atoms with Gasteiger partial charge < -0.3 is 4.79 Å². The van der Waals surface area contributed by atoms with E-state index in [1.165, 1.54) is 11.1 Å². The lowest BCUT2D eigenvalue weighted by Crippen LogP contribution is -1.89. The molecule has 2 heteroatoms. The number of hydrogen-bond donors (Lipinski definition) is 0. The molecule has 0 fully saturated rings. The molecule has 0 saturated heterocycles. The molecule has 0 aliphatic carbocycles. The zero-order valence-electron chi connectivity index (χ0n) is 12.6. The van der Waals surface area contributed by atoms with Gasteiger partial charge in [-0.05, 0) is 45.1 Å². The molecule has 0 aliphatic rings. The second-order valence-corrected chi connectivity index (χ2v) is 5.20. The molecular formula is C17H25NO. The maximum atomic E-state index is 10.3. The van der Waals surface area contributed by atoms with Crippen LogP contribution in [0.4, 0.5) is 0 Å². The molecule has 2 nitrogen and oxygen atoms in total. The Labute approximate surface area is 117 Å². The summed E-state index contributed by atoms with van der Waals surface area (Å²) < 4.78 is 0. The molecule has 0 rings (SSSR count). The third-order valence-corrected chi connectivity index (χ3v) is 2.99. The molecule has 0 amide bonds. The molecule has 0 bridgehead atoms. The van der Waals surface area contributed by atoms with Gasteiger partial charge in [-0.1, -0.05) is 37.1 Å². The van der Waals surface area contributed by atoms with Crippen LogP contribution in [0.5, 0.6) is 0 Å². The van der Waals surface area contributed by atoms with Gasteiger partial charge in [0.2, 0.25) is 0 Å². The summed E-state index contributed by atoms with van der Waals surface area (Å²) in [7, 11) is 0. The van der Waals surface area contributed by atoms with Crippen molar-refractivity contribution in [2.24, 2.45) is 5.92 Å². The number of aldehydes is 1. The number of carbonyl (C=O) groups excluding carboxylic acids is 1. The molecule has 0 atom stereocenters. The van der Waals surface area contributed by atoms with E-state index in [-0.39, 0.29) is 5.92 Å². The summed E-state index contributed by atoms with van der Waals surface area (Å²) in [6.45, 7) is 8.20. The van der Waals surface area contributed by atoms with Crippen molar-refractivity contribution in [2.45, 2.75) is 53.4 Å². The Bertz CT molecular complexity index is 405. The highest BCUT2D eigenvalue weighted by Crippen LogP contribution is 2.12. The first-order chi connectivity index (χ1) is 9.01. The number of rotatable bonds is 8. The van der Waals surface area contributed by atoms with Crippen LogP contribution in [0.3, 0.4) is 0 Å². The van der Waals surface area contributed by atoms with Crippen LogP contribution in [-0.2, 0) is 4.79 Å². The predicted molar refractivity (Wildman–Crippen MR) is 80.6 cm³/mol. The first-order valence-corrected chi connectivity index (χ1v) is 6.88. The SMILES string of the molecule is C/C(=C\CC/C(C)=C/C=C(\C#N)C(C)C)CCC=O. The Morgan fingerprint density at radius 3 is 2.26 bits per heavy atom. The summed E-state index contributed by atoms with van der Waals surface area (Å²) in [5.74, 6) is 0.277. The molecule has 0 aromatic rings. The molecule has 0 aromatic carbocycles. The lowest BCUT2D eigenvalue weighted by Gasteiger charge is -2.01. The molecule has 0 radical (unpaired) electrons. The van der Waals surface area contributed by atoms with Crippen LogP contribution >= 0.6 is 0 Å². The van der Waals surface area contributed by atoms with E-state index in [9.17, 15) is 4.79 Å². The molecule has 0 aliphatic heterocycles. The van der Waals surface area contributed by atoms with Gasteiger partial charge in [0.1, 0.15) is 6.29 Å². The fourth-order valence-corrected chi connectivity index (χ4v) is 1.61. The van der Waals surface area contributed by atoms with Gasteiger partial charge in [0.05, 0.1) is 6.07 Å². The number of hydrogen-bond acceptors (Lipinski definition) is 2. The minimum absolute atomic E-state index is 0.277. The van der Waals surface area contributed by atoms with Crippen molar-refractivity contribution >= 4 is 6.29 Å². The Morgan fingerprint density at radius 2 is 1.74 bits per heavy atom. The molecule has 0 aromatic heterocycles. The van der Waals surface area contributed by atoms with Gasteiger partial charge in [-0.2, -0.15) is 5.26 Å². The Morgan fingerprint density at radius 1 is 1.11 bits per heavy atom. The van der Waals surface area contributed by atoms with E-state index in [1.54, 1.807) is 0 Å². The quantitative estimate of drug-likeness (QED) is 0.273. The maximum absolute atomic E-state index is 10.3. The largest absolute Gasteiger partial charge is 0.303 e. The zero-order chi connectivity index (χ0) is 14.7. The third-order valence-electron chi connectivity index (χ3n) is 2.99. The van der Waals surface area contributed by atoms with Crippen molar-refractivity contribution in [3.8, 4) is 6.07 Å². The average Bonchev–Trinajstić information content (AvgIpc) is 2.36. The number of nitrogens with zero attached hydrogens (tertiary/aromatic N) is 1. The van der Waals surface area contributed by atoms with Crippen molar-refractivity contribution < 1.29 is 4.79 Å². The van der Waals surface area contributed by atoms with E-state index in [1.807, 2.05) is 26.0 Å². The molecular weight excluding hydrogens is 234 g/mol. The van der Waals surface area contributed by atoms with Crippen molar-refractivity contribution in [3.05, 3.63) is 34.9 Å². The first-order valence-electron chi connectivity index (χ1n) is 6.88. The summed E-state index contributed by atoms with van der Waals surface area (Å²) in [5.41, 5.74) is 3.36. The van der Waals surface area contributed by atoms with Crippen molar-refractivity contribution in [1.29, 1.82) is 5.26 Å². The maximum Gasteiger partial charge on any atom is 0.120 e. The standard InChI is InChI=1S/C17H25NO/c1-14(2)17(13-18)11-10-16(4)8-5-7-15(3)9-6-12-19/h7,10-12,14H,5-6,8-9H2,1-4H3/b15-7+,16-10+,17-11+. The fourth-order valence-electron chi connectivity index (χ4n) is 1.61. The topological polar surface area (TPSA) is 40.9 Å². The average molecular weight is 259 g/mol. The monoisotopic (exact) mass is 259 g/mol. The second-order valence-electron chi connectivity index (χ2n) is 5.20. The number of allylic oxidation sites excluding steroid dienone is 6.